The average molecular weight is 731 g/mol. The van der Waals surface area contributed by atoms with Crippen LogP contribution in [0.5, 0.6) is 5.88 Å². The molecule has 0 radical (unpaired) electrons. The molecule has 0 spiro atoms. The Morgan fingerprint density at radius 2 is 1.43 bits per heavy atom. The van der Waals surface area contributed by atoms with Gasteiger partial charge in [-0.1, -0.05) is 0 Å². The van der Waals surface area contributed by atoms with Crippen LogP contribution >= 0.6 is 11.6 Å². The summed E-state index contributed by atoms with van der Waals surface area (Å²) in [4.78, 5) is 23.9. The van der Waals surface area contributed by atoms with Crippen LogP contribution in [0.1, 0.15) is 18.1 Å². The fraction of sp³-hybridized carbons (Fsp3) is 0.167. The number of pyridine rings is 1. The van der Waals surface area contributed by atoms with Crippen molar-refractivity contribution in [1.29, 1.82) is 0 Å². The molecule has 0 saturated carbocycles. The first-order valence-electron chi connectivity index (χ1n) is 12.7. The van der Waals surface area contributed by atoms with Gasteiger partial charge in [0.15, 0.2) is 11.6 Å². The number of hydrogen-bond donors (Lipinski definition) is 6. The number of aromatic nitrogens is 4. The highest BCUT2D eigenvalue weighted by molar-refractivity contribution is 7.86. The first-order chi connectivity index (χ1) is 21.8. The molecule has 0 aliphatic rings. The van der Waals surface area contributed by atoms with E-state index in [0.29, 0.717) is 5.69 Å². The summed E-state index contributed by atoms with van der Waals surface area (Å²) in [5.41, 5.74) is -2.06. The van der Waals surface area contributed by atoms with E-state index in [1.807, 2.05) is 0 Å². The lowest BCUT2D eigenvalue weighted by Gasteiger charge is -2.14. The topological polar surface area (TPSA) is 293 Å². The second-order valence-electron chi connectivity index (χ2n) is 9.41. The minimum Gasteiger partial charge on any atom is -0.494 e. The van der Waals surface area contributed by atoms with Gasteiger partial charge in [-0.25, -0.2) is 0 Å². The van der Waals surface area contributed by atoms with Crippen LogP contribution in [0.15, 0.2) is 67.3 Å². The van der Waals surface area contributed by atoms with Gasteiger partial charge in [0, 0.05) is 23.5 Å². The van der Waals surface area contributed by atoms with Gasteiger partial charge in [0.05, 0.1) is 4.90 Å². The van der Waals surface area contributed by atoms with Gasteiger partial charge in [0.2, 0.25) is 17.2 Å². The van der Waals surface area contributed by atoms with Crippen LogP contribution in [0.25, 0.3) is 0 Å². The lowest BCUT2D eigenvalue weighted by atomic mass is 10.1. The van der Waals surface area contributed by atoms with E-state index in [4.69, 9.17) is 16.2 Å². The van der Waals surface area contributed by atoms with E-state index in [0.717, 1.165) is 28.8 Å². The number of azo groups is 1. The summed E-state index contributed by atoms with van der Waals surface area (Å²) in [7, 11) is -14.0. The summed E-state index contributed by atoms with van der Waals surface area (Å²) in [5.74, 6) is -2.09. The molecule has 0 bridgehead atoms. The quantitative estimate of drug-likeness (QED) is 0.0950. The van der Waals surface area contributed by atoms with E-state index in [1.165, 1.54) is 32.0 Å². The van der Waals surface area contributed by atoms with Crippen molar-refractivity contribution in [2.24, 2.45) is 10.2 Å². The van der Waals surface area contributed by atoms with Crippen molar-refractivity contribution < 1.29 is 44.0 Å². The van der Waals surface area contributed by atoms with E-state index in [-0.39, 0.29) is 45.4 Å². The number of halogens is 1. The molecule has 0 unspecified atom stereocenters. The number of benzene rings is 2. The molecule has 19 nitrogen and oxygen atoms in total. The minimum absolute atomic E-state index is 0.0672. The summed E-state index contributed by atoms with van der Waals surface area (Å²) >= 11 is 6.02. The van der Waals surface area contributed by atoms with Crippen molar-refractivity contribution in [3.8, 4) is 5.88 Å². The van der Waals surface area contributed by atoms with Crippen LogP contribution in [-0.2, 0) is 42.7 Å². The van der Waals surface area contributed by atoms with Crippen LogP contribution in [-0.4, -0.2) is 63.5 Å². The Balaban J connectivity index is 1.72. The van der Waals surface area contributed by atoms with Gasteiger partial charge >= 0.3 is 0 Å². The maximum absolute atomic E-state index is 13.0. The van der Waals surface area contributed by atoms with Crippen LogP contribution in [0.2, 0.25) is 5.28 Å². The summed E-state index contributed by atoms with van der Waals surface area (Å²) in [6.45, 7) is 2.56. The maximum Gasteiger partial charge on any atom is 0.296 e. The van der Waals surface area contributed by atoms with E-state index >= 15 is 0 Å². The molecule has 2 aromatic heterocycles. The van der Waals surface area contributed by atoms with Crippen LogP contribution < -0.4 is 16.2 Å². The second kappa shape index (κ2) is 13.3. The molecule has 0 saturated heterocycles. The molecule has 2 heterocycles. The fourth-order valence-corrected chi connectivity index (χ4v) is 6.00. The standard InChI is InChI=1S/C24H23ClN8O11S3/c1-3-33-20(34)16(11-45(36,37)38)12(2)19(21(33)35)32-31-17-10-14(6-9-18(17)47(42,43)44)27-24-29-22(25)28-23(30-24)26-13-4-7-15(8-5-13)46(39,40)41/h4-10,34H,3,11H2,1-2H3,(H,36,37,38)(H,39,40,41)(H,42,43,44)(H2,26,27,28,29,30). The number of rotatable bonds is 11. The predicted octanol–water partition coefficient (Wildman–Crippen LogP) is 3.50. The molecule has 0 aliphatic heterocycles. The molecule has 0 atom stereocenters. The van der Waals surface area contributed by atoms with Crippen molar-refractivity contribution in [2.45, 2.75) is 35.9 Å². The second-order valence-corrected chi connectivity index (χ2v) is 14.0. The van der Waals surface area contributed by atoms with E-state index in [2.05, 4.69) is 35.8 Å². The van der Waals surface area contributed by atoms with Gasteiger partial charge in [-0.05, 0) is 73.5 Å². The zero-order chi connectivity index (χ0) is 34.9. The third kappa shape index (κ3) is 8.62. The summed E-state index contributed by atoms with van der Waals surface area (Å²) in [6, 6.07) is 8.10. The van der Waals surface area contributed by atoms with Gasteiger partial charge in [-0.15, -0.1) is 10.2 Å². The van der Waals surface area contributed by atoms with Crippen molar-refractivity contribution in [1.82, 2.24) is 19.5 Å². The molecule has 4 rings (SSSR count). The molecule has 47 heavy (non-hydrogen) atoms. The van der Waals surface area contributed by atoms with Gasteiger partial charge in [-0.3, -0.25) is 23.0 Å². The highest BCUT2D eigenvalue weighted by Crippen LogP contribution is 2.33. The molecule has 2 aromatic carbocycles. The molecular weight excluding hydrogens is 708 g/mol. The minimum atomic E-state index is -4.90. The normalized spacial score (nSPS) is 12.4. The van der Waals surface area contributed by atoms with E-state index in [9.17, 15) is 44.3 Å². The highest BCUT2D eigenvalue weighted by Gasteiger charge is 2.23. The average Bonchev–Trinajstić information content (AvgIpc) is 2.94. The molecule has 0 fully saturated rings. The molecule has 0 amide bonds. The Labute approximate surface area is 271 Å². The zero-order valence-electron chi connectivity index (χ0n) is 23.9. The highest BCUT2D eigenvalue weighted by atomic mass is 35.5. The Morgan fingerprint density at radius 1 is 0.851 bits per heavy atom. The van der Waals surface area contributed by atoms with Crippen molar-refractivity contribution in [2.75, 3.05) is 10.6 Å². The number of hydrogen-bond acceptors (Lipinski definition) is 15. The molecule has 23 heteroatoms. The fourth-order valence-electron chi connectivity index (χ4n) is 4.05. The Bertz CT molecular complexity index is 2300. The Morgan fingerprint density at radius 3 is 1.96 bits per heavy atom. The van der Waals surface area contributed by atoms with E-state index < -0.39 is 63.8 Å². The zero-order valence-corrected chi connectivity index (χ0v) is 27.1. The third-order valence-electron chi connectivity index (χ3n) is 6.19. The maximum atomic E-state index is 13.0. The molecule has 4 aromatic rings. The van der Waals surface area contributed by atoms with Crippen molar-refractivity contribution in [3.63, 3.8) is 0 Å². The van der Waals surface area contributed by atoms with Gasteiger partial charge in [0.25, 0.3) is 35.9 Å². The van der Waals surface area contributed by atoms with E-state index in [1.54, 1.807) is 0 Å². The van der Waals surface area contributed by atoms with Crippen LogP contribution in [0.3, 0.4) is 0 Å². The smallest absolute Gasteiger partial charge is 0.296 e. The van der Waals surface area contributed by atoms with Crippen LogP contribution in [0.4, 0.5) is 34.6 Å². The molecule has 0 aliphatic carbocycles. The largest absolute Gasteiger partial charge is 0.494 e. The summed E-state index contributed by atoms with van der Waals surface area (Å²) in [5, 5.41) is 23.3. The number of aromatic hydroxyl groups is 1. The number of nitrogens with zero attached hydrogens (tertiary/aromatic N) is 6. The first kappa shape index (κ1) is 35.3. The predicted molar refractivity (Wildman–Crippen MR) is 166 cm³/mol. The van der Waals surface area contributed by atoms with Gasteiger partial charge in [0.1, 0.15) is 16.3 Å². The SMILES string of the molecule is CCn1c(O)c(CS(=O)(=O)O)c(C)c(N=Nc2cc(Nc3nc(Cl)nc(Nc4ccc(S(=O)(=O)O)cc4)n3)ccc2S(=O)(=O)O)c1=O. The van der Waals surface area contributed by atoms with Gasteiger partial charge in [-0.2, -0.15) is 40.2 Å². The van der Waals surface area contributed by atoms with Gasteiger partial charge < -0.3 is 15.7 Å². The Hall–Kier alpha value is -4.58. The lowest BCUT2D eigenvalue weighted by molar-refractivity contribution is 0.403. The monoisotopic (exact) mass is 730 g/mol. The Kier molecular flexibility index (Phi) is 9.96. The third-order valence-corrected chi connectivity index (χ3v) is 8.78. The lowest BCUT2D eigenvalue weighted by Crippen LogP contribution is -2.22. The van der Waals surface area contributed by atoms with Crippen LogP contribution in [0, 0.1) is 6.92 Å². The van der Waals surface area contributed by atoms with Crippen molar-refractivity contribution >= 4 is 76.6 Å². The molecular formula is C24H23ClN8O11S3. The number of nitrogens with one attached hydrogen (secondary N) is 2. The summed E-state index contributed by atoms with van der Waals surface area (Å²) in [6.07, 6.45) is 0. The molecule has 6 N–H and O–H groups in total. The first-order valence-corrected chi connectivity index (χ1v) is 17.6. The molecule has 250 valence electrons. The number of anilines is 4. The summed E-state index contributed by atoms with van der Waals surface area (Å²) < 4.78 is 98.8. The van der Waals surface area contributed by atoms with Crippen molar-refractivity contribution in [3.05, 3.63) is 69.2 Å².